The van der Waals surface area contributed by atoms with Gasteiger partial charge in [-0.25, -0.2) is 14.4 Å². The number of carbonyl (C=O) groups excluding carboxylic acids is 1. The number of aromatic nitrogens is 3. The Morgan fingerprint density at radius 2 is 1.79 bits per heavy atom. The summed E-state index contributed by atoms with van der Waals surface area (Å²) >= 11 is -1.35. The van der Waals surface area contributed by atoms with Crippen LogP contribution in [0, 0.1) is 5.82 Å². The first-order valence-electron chi connectivity index (χ1n) is 11.7. The van der Waals surface area contributed by atoms with E-state index in [1.165, 1.54) is 18.5 Å². The van der Waals surface area contributed by atoms with Gasteiger partial charge in [-0.15, -0.1) is 0 Å². The van der Waals surface area contributed by atoms with E-state index >= 15 is 0 Å². The fraction of sp³-hybridized carbons (Fsp3) is 0.0690. The fourth-order valence-corrected chi connectivity index (χ4v) is 4.98. The third-order valence-corrected chi connectivity index (χ3v) is 7.51. The molecule has 0 bridgehead atoms. The van der Waals surface area contributed by atoms with E-state index in [0.717, 1.165) is 22.9 Å². The lowest BCUT2D eigenvalue weighted by molar-refractivity contribution is 0.112. The second-order valence-electron chi connectivity index (χ2n) is 8.82. The number of carbonyl (C=O) groups is 1. The van der Waals surface area contributed by atoms with Gasteiger partial charge in [0.05, 0.1) is 46.7 Å². The molecule has 0 fully saturated rings. The average Bonchev–Trinajstić information content (AvgIpc) is 3.53. The zero-order valence-electron chi connectivity index (χ0n) is 20.4. The summed E-state index contributed by atoms with van der Waals surface area (Å²) in [5.74, 6) is -0.0523. The maximum Gasteiger partial charge on any atom is 0.154 e. The van der Waals surface area contributed by atoms with E-state index in [4.69, 9.17) is 4.42 Å². The maximum absolute atomic E-state index is 13.5. The predicted molar refractivity (Wildman–Crippen MR) is 148 cm³/mol. The average molecular weight is 525 g/mol. The van der Waals surface area contributed by atoms with E-state index < -0.39 is 11.4 Å². The number of hydrogen-bond donors (Lipinski definition) is 1. The Labute approximate surface area is 220 Å². The molecule has 0 saturated heterocycles. The van der Waals surface area contributed by atoms with Crippen molar-refractivity contribution in [3.05, 3.63) is 90.5 Å². The largest absolute Gasteiger partial charge is 0.593 e. The van der Waals surface area contributed by atoms with Gasteiger partial charge in [-0.05, 0) is 48.5 Å². The van der Waals surface area contributed by atoms with Crippen LogP contribution in [0.4, 0.5) is 10.1 Å². The highest BCUT2D eigenvalue weighted by Crippen LogP contribution is 2.40. The van der Waals surface area contributed by atoms with Crippen LogP contribution in [0.5, 0.6) is 0 Å². The molecule has 9 heteroatoms. The number of H-pyrrole nitrogens is 1. The van der Waals surface area contributed by atoms with Crippen molar-refractivity contribution in [3.63, 3.8) is 0 Å². The molecule has 0 aliphatic carbocycles. The van der Waals surface area contributed by atoms with E-state index in [-0.39, 0.29) is 5.82 Å². The van der Waals surface area contributed by atoms with Gasteiger partial charge < -0.3 is 14.0 Å². The Bertz CT molecular complexity index is 1780. The minimum Gasteiger partial charge on any atom is -0.593 e. The zero-order chi connectivity index (χ0) is 26.4. The van der Waals surface area contributed by atoms with Crippen molar-refractivity contribution in [2.75, 3.05) is 17.6 Å². The second kappa shape index (κ2) is 9.44. The summed E-state index contributed by atoms with van der Waals surface area (Å²) in [5.41, 5.74) is 5.71. The molecular weight excluding hydrogens is 503 g/mol. The molecule has 0 spiro atoms. The van der Waals surface area contributed by atoms with Gasteiger partial charge in [0, 0.05) is 33.5 Å². The molecule has 6 aromatic rings. The lowest BCUT2D eigenvalue weighted by Crippen LogP contribution is -2.25. The number of furan rings is 1. The zero-order valence-corrected chi connectivity index (χ0v) is 21.3. The lowest BCUT2D eigenvalue weighted by atomic mass is 10.0. The van der Waals surface area contributed by atoms with Crippen LogP contribution in [0.1, 0.15) is 10.4 Å². The minimum atomic E-state index is -1.35. The summed E-state index contributed by atoms with van der Waals surface area (Å²) in [6, 6.07) is 21.1. The number of para-hydroxylation sites is 1. The number of fused-ring (bicyclic) bond motifs is 2. The van der Waals surface area contributed by atoms with Gasteiger partial charge in [-0.2, -0.15) is 4.31 Å². The Morgan fingerprint density at radius 1 is 1.03 bits per heavy atom. The van der Waals surface area contributed by atoms with Crippen LogP contribution in [0.15, 0.2) is 83.5 Å². The van der Waals surface area contributed by atoms with Crippen LogP contribution >= 0.6 is 0 Å². The number of nitrogens with zero attached hydrogens (tertiary/aromatic N) is 3. The molecular formula is C29H21FN4O3S. The second-order valence-corrected chi connectivity index (χ2v) is 10.2. The number of aromatic amines is 1. The van der Waals surface area contributed by atoms with Crippen LogP contribution < -0.4 is 4.31 Å². The highest BCUT2D eigenvalue weighted by atomic mass is 32.2. The van der Waals surface area contributed by atoms with Crippen molar-refractivity contribution >= 4 is 45.2 Å². The summed E-state index contributed by atoms with van der Waals surface area (Å²) in [6.45, 7) is 0. The van der Waals surface area contributed by atoms with Gasteiger partial charge in [0.2, 0.25) is 0 Å². The van der Waals surface area contributed by atoms with Crippen LogP contribution in [0.3, 0.4) is 0 Å². The minimum absolute atomic E-state index is 0.333. The third kappa shape index (κ3) is 4.11. The van der Waals surface area contributed by atoms with E-state index in [1.54, 1.807) is 35.8 Å². The third-order valence-electron chi connectivity index (χ3n) is 6.54. The number of benzene rings is 3. The molecule has 6 rings (SSSR count). The molecule has 0 saturated carbocycles. The lowest BCUT2D eigenvalue weighted by Gasteiger charge is -2.21. The molecule has 38 heavy (non-hydrogen) atoms. The first-order valence-corrected chi connectivity index (χ1v) is 13.2. The van der Waals surface area contributed by atoms with Gasteiger partial charge in [0.1, 0.15) is 29.7 Å². The van der Waals surface area contributed by atoms with Crippen molar-refractivity contribution < 1.29 is 18.2 Å². The molecule has 0 radical (unpaired) electrons. The number of nitrogens with one attached hydrogen (secondary N) is 1. The number of aldehydes is 1. The van der Waals surface area contributed by atoms with Crippen LogP contribution in [-0.2, 0) is 11.4 Å². The number of hydrogen-bond acceptors (Lipinski definition) is 6. The van der Waals surface area contributed by atoms with Crippen molar-refractivity contribution in [1.29, 1.82) is 0 Å². The molecule has 3 heterocycles. The SMILES string of the molecule is CN(c1cc2oc(-c3ccc(F)cc3)c(C=O)c2cc1-c1cc(-c2cc3ccccc3[nH]2)ncn1)[S+](C)[O-]. The molecule has 3 aromatic carbocycles. The smallest absolute Gasteiger partial charge is 0.154 e. The van der Waals surface area contributed by atoms with E-state index in [9.17, 15) is 13.7 Å². The number of halogens is 1. The summed E-state index contributed by atoms with van der Waals surface area (Å²) in [5, 5.41) is 1.63. The van der Waals surface area contributed by atoms with E-state index in [1.807, 2.05) is 42.5 Å². The van der Waals surface area contributed by atoms with Gasteiger partial charge in [0.15, 0.2) is 6.29 Å². The Hall–Kier alpha value is -4.47. The Balaban J connectivity index is 1.55. The quantitative estimate of drug-likeness (QED) is 0.200. The Morgan fingerprint density at radius 3 is 2.53 bits per heavy atom. The number of anilines is 1. The van der Waals surface area contributed by atoms with Crippen LogP contribution in [0.25, 0.3) is 55.8 Å². The fourth-order valence-electron chi connectivity index (χ4n) is 4.55. The number of rotatable bonds is 6. The van der Waals surface area contributed by atoms with Gasteiger partial charge >= 0.3 is 0 Å². The first-order chi connectivity index (χ1) is 18.4. The first kappa shape index (κ1) is 23.9. The van der Waals surface area contributed by atoms with Crippen molar-refractivity contribution in [2.45, 2.75) is 0 Å². The highest BCUT2D eigenvalue weighted by Gasteiger charge is 2.23. The maximum atomic E-state index is 13.5. The van der Waals surface area contributed by atoms with Crippen LogP contribution in [-0.4, -0.2) is 39.1 Å². The van der Waals surface area contributed by atoms with Crippen molar-refractivity contribution in [2.24, 2.45) is 0 Å². The van der Waals surface area contributed by atoms with Gasteiger partial charge in [-0.1, -0.05) is 18.2 Å². The van der Waals surface area contributed by atoms with Crippen molar-refractivity contribution in [3.8, 4) is 34.0 Å². The predicted octanol–water partition coefficient (Wildman–Crippen LogP) is 6.39. The summed E-state index contributed by atoms with van der Waals surface area (Å²) in [7, 11) is 1.71. The van der Waals surface area contributed by atoms with Gasteiger partial charge in [0.25, 0.3) is 0 Å². The molecule has 7 nitrogen and oxygen atoms in total. The Kier molecular flexibility index (Phi) is 5.94. The van der Waals surface area contributed by atoms with E-state index in [0.29, 0.717) is 50.5 Å². The van der Waals surface area contributed by atoms with Crippen molar-refractivity contribution in [1.82, 2.24) is 15.0 Å². The summed E-state index contributed by atoms with van der Waals surface area (Å²) in [4.78, 5) is 24.6. The standard InChI is InChI=1S/C29H21FN4O3S/c1-34(38(2)36)27-14-28-20(22(15-35)29(37-28)17-7-9-19(30)10-8-17)12-21(27)24-13-25(32-16-31-24)26-11-18-5-3-4-6-23(18)33-26/h3-16,33H,1-2H3. The molecule has 1 atom stereocenters. The highest BCUT2D eigenvalue weighted by molar-refractivity contribution is 7.92. The normalized spacial score (nSPS) is 12.2. The monoisotopic (exact) mass is 524 g/mol. The molecule has 1 N–H and O–H groups in total. The van der Waals surface area contributed by atoms with E-state index in [2.05, 4.69) is 15.0 Å². The van der Waals surface area contributed by atoms with Crippen LogP contribution in [0.2, 0.25) is 0 Å². The molecule has 3 aromatic heterocycles. The molecule has 0 aliphatic rings. The topological polar surface area (TPSA) is 98.1 Å². The van der Waals surface area contributed by atoms with Gasteiger partial charge in [-0.3, -0.25) is 4.79 Å². The molecule has 0 amide bonds. The molecule has 1 unspecified atom stereocenters. The molecule has 0 aliphatic heterocycles. The summed E-state index contributed by atoms with van der Waals surface area (Å²) in [6.07, 6.45) is 3.78. The summed E-state index contributed by atoms with van der Waals surface area (Å²) < 4.78 is 33.7. The molecule has 188 valence electrons.